The number of fused-ring (bicyclic) bond motifs is 1. The van der Waals surface area contributed by atoms with E-state index >= 15 is 0 Å². The molecule has 0 aliphatic carbocycles. The maximum atomic E-state index is 13.0. The van der Waals surface area contributed by atoms with Crippen molar-refractivity contribution < 1.29 is 4.79 Å². The molecule has 110 valence electrons. The first-order chi connectivity index (χ1) is 10.7. The van der Waals surface area contributed by atoms with E-state index in [1.54, 1.807) is 0 Å². The van der Waals surface area contributed by atoms with Crippen molar-refractivity contribution in [2.45, 2.75) is 19.2 Å². The van der Waals surface area contributed by atoms with Gasteiger partial charge in [-0.25, -0.2) is 0 Å². The van der Waals surface area contributed by atoms with Crippen LogP contribution in [0.25, 0.3) is 10.8 Å². The van der Waals surface area contributed by atoms with Gasteiger partial charge in [0.1, 0.15) is 0 Å². The zero-order valence-electron chi connectivity index (χ0n) is 12.8. The van der Waals surface area contributed by atoms with E-state index in [2.05, 4.69) is 31.2 Å². The van der Waals surface area contributed by atoms with E-state index in [4.69, 9.17) is 0 Å². The maximum absolute atomic E-state index is 13.0. The quantitative estimate of drug-likeness (QED) is 0.509. The van der Waals surface area contributed by atoms with Gasteiger partial charge in [0.15, 0.2) is 0 Å². The summed E-state index contributed by atoms with van der Waals surface area (Å²) in [5.74, 6) is 0.147. The standard InChI is InChI=1S/C20H18OSe/c1-3-22-20-17-11-7-5-9-15(17)12-13-18(20)19(21)16-10-6-4-8-14(16)2/h4-13H,3H2,1-2H3. The Morgan fingerprint density at radius 1 is 0.909 bits per heavy atom. The Morgan fingerprint density at radius 2 is 1.64 bits per heavy atom. The molecule has 0 fully saturated rings. The first-order valence-corrected chi connectivity index (χ1v) is 9.54. The van der Waals surface area contributed by atoms with Gasteiger partial charge in [-0.05, 0) is 0 Å². The van der Waals surface area contributed by atoms with Crippen LogP contribution in [0.4, 0.5) is 0 Å². The van der Waals surface area contributed by atoms with Crippen LogP contribution < -0.4 is 4.46 Å². The Kier molecular flexibility index (Phi) is 4.42. The van der Waals surface area contributed by atoms with Crippen LogP contribution in [0.3, 0.4) is 0 Å². The van der Waals surface area contributed by atoms with Crippen molar-refractivity contribution in [2.24, 2.45) is 0 Å². The molecule has 3 rings (SSSR count). The number of rotatable bonds is 4. The molecule has 0 spiro atoms. The Bertz CT molecular complexity index is 836. The van der Waals surface area contributed by atoms with Gasteiger partial charge in [-0.3, -0.25) is 0 Å². The predicted molar refractivity (Wildman–Crippen MR) is 94.4 cm³/mol. The number of hydrogen-bond donors (Lipinski definition) is 0. The molecule has 0 N–H and O–H groups in total. The van der Waals surface area contributed by atoms with Crippen molar-refractivity contribution in [1.82, 2.24) is 0 Å². The molecule has 3 aromatic rings. The third-order valence-corrected chi connectivity index (χ3v) is 5.94. The molecular formula is C20H18OSe. The van der Waals surface area contributed by atoms with Crippen LogP contribution in [-0.2, 0) is 0 Å². The van der Waals surface area contributed by atoms with Gasteiger partial charge in [0, 0.05) is 0 Å². The molecule has 0 bridgehead atoms. The first kappa shape index (κ1) is 15.0. The second-order valence-corrected chi connectivity index (χ2v) is 7.91. The van der Waals surface area contributed by atoms with E-state index in [-0.39, 0.29) is 5.78 Å². The summed E-state index contributed by atoms with van der Waals surface area (Å²) in [5, 5.41) is 3.53. The second kappa shape index (κ2) is 6.48. The molecule has 0 amide bonds. The average Bonchev–Trinajstić information content (AvgIpc) is 2.55. The van der Waals surface area contributed by atoms with E-state index in [0.29, 0.717) is 15.0 Å². The third-order valence-electron chi connectivity index (χ3n) is 3.80. The van der Waals surface area contributed by atoms with Crippen molar-refractivity contribution in [3.8, 4) is 0 Å². The SMILES string of the molecule is CC[Se]c1c(C(=O)c2ccccc2C)ccc2ccccc12. The Morgan fingerprint density at radius 3 is 2.41 bits per heavy atom. The molecule has 0 heterocycles. The van der Waals surface area contributed by atoms with Gasteiger partial charge in [-0.2, -0.15) is 0 Å². The van der Waals surface area contributed by atoms with Crippen LogP contribution in [-0.4, -0.2) is 20.7 Å². The van der Waals surface area contributed by atoms with Gasteiger partial charge in [-0.1, -0.05) is 0 Å². The molecule has 1 nitrogen and oxygen atoms in total. The van der Waals surface area contributed by atoms with E-state index in [0.717, 1.165) is 22.0 Å². The van der Waals surface area contributed by atoms with Gasteiger partial charge in [0.05, 0.1) is 0 Å². The zero-order chi connectivity index (χ0) is 15.5. The number of carbonyl (C=O) groups excluding carboxylic acids is 1. The molecule has 0 saturated heterocycles. The molecule has 0 aromatic heterocycles. The van der Waals surface area contributed by atoms with Crippen molar-refractivity contribution >= 4 is 36.0 Å². The Balaban J connectivity index is 2.20. The molecule has 0 saturated carbocycles. The van der Waals surface area contributed by atoms with E-state index in [9.17, 15) is 4.79 Å². The van der Waals surface area contributed by atoms with Gasteiger partial charge >= 0.3 is 137 Å². The summed E-state index contributed by atoms with van der Waals surface area (Å²) in [7, 11) is 0. The van der Waals surface area contributed by atoms with Crippen LogP contribution in [0.5, 0.6) is 0 Å². The fourth-order valence-corrected chi connectivity index (χ4v) is 4.68. The van der Waals surface area contributed by atoms with Gasteiger partial charge in [0.2, 0.25) is 0 Å². The Labute approximate surface area is 137 Å². The molecule has 0 unspecified atom stereocenters. The van der Waals surface area contributed by atoms with Gasteiger partial charge in [0.25, 0.3) is 0 Å². The number of aryl methyl sites for hydroxylation is 1. The van der Waals surface area contributed by atoms with Gasteiger partial charge in [-0.15, -0.1) is 0 Å². The molecule has 0 radical (unpaired) electrons. The molecular weight excluding hydrogens is 335 g/mol. The summed E-state index contributed by atoms with van der Waals surface area (Å²) < 4.78 is 1.24. The summed E-state index contributed by atoms with van der Waals surface area (Å²) in [6.07, 6.45) is 0. The van der Waals surface area contributed by atoms with Crippen LogP contribution in [0.1, 0.15) is 28.4 Å². The number of hydrogen-bond acceptors (Lipinski definition) is 1. The summed E-state index contributed by atoms with van der Waals surface area (Å²) >= 11 is 0.314. The summed E-state index contributed by atoms with van der Waals surface area (Å²) in [5.41, 5.74) is 2.72. The fraction of sp³-hybridized carbons (Fsp3) is 0.150. The van der Waals surface area contributed by atoms with E-state index in [1.807, 2.05) is 43.3 Å². The molecule has 0 atom stereocenters. The van der Waals surface area contributed by atoms with E-state index in [1.165, 1.54) is 15.2 Å². The molecule has 0 aliphatic rings. The summed E-state index contributed by atoms with van der Waals surface area (Å²) in [6, 6.07) is 20.3. The average molecular weight is 353 g/mol. The van der Waals surface area contributed by atoms with Crippen LogP contribution in [0.15, 0.2) is 60.7 Å². The normalized spacial score (nSPS) is 10.8. The fourth-order valence-electron chi connectivity index (χ4n) is 2.69. The third kappa shape index (κ3) is 2.72. The van der Waals surface area contributed by atoms with Crippen molar-refractivity contribution in [1.29, 1.82) is 0 Å². The van der Waals surface area contributed by atoms with Crippen LogP contribution in [0.2, 0.25) is 5.32 Å². The van der Waals surface area contributed by atoms with Crippen molar-refractivity contribution in [2.75, 3.05) is 0 Å². The molecule has 0 aliphatic heterocycles. The summed E-state index contributed by atoms with van der Waals surface area (Å²) in [6.45, 7) is 4.18. The molecule has 22 heavy (non-hydrogen) atoms. The van der Waals surface area contributed by atoms with Crippen molar-refractivity contribution in [3.05, 3.63) is 77.4 Å². The monoisotopic (exact) mass is 354 g/mol. The molecule has 3 aromatic carbocycles. The minimum absolute atomic E-state index is 0.147. The van der Waals surface area contributed by atoms with Crippen LogP contribution in [0, 0.1) is 6.92 Å². The Hall–Kier alpha value is -1.89. The zero-order valence-corrected chi connectivity index (χ0v) is 14.5. The second-order valence-electron chi connectivity index (χ2n) is 5.24. The van der Waals surface area contributed by atoms with Crippen LogP contribution >= 0.6 is 0 Å². The number of carbonyl (C=O) groups is 1. The number of benzene rings is 3. The van der Waals surface area contributed by atoms with E-state index < -0.39 is 0 Å². The molecule has 2 heteroatoms. The van der Waals surface area contributed by atoms with Crippen molar-refractivity contribution in [3.63, 3.8) is 0 Å². The first-order valence-electron chi connectivity index (χ1n) is 7.47. The van der Waals surface area contributed by atoms with Gasteiger partial charge < -0.3 is 0 Å². The summed E-state index contributed by atoms with van der Waals surface area (Å²) in [4.78, 5) is 13.0. The topological polar surface area (TPSA) is 17.1 Å². The number of ketones is 1. The predicted octanol–water partition coefficient (Wildman–Crippen LogP) is 4.15. The minimum atomic E-state index is 0.147.